The van der Waals surface area contributed by atoms with Gasteiger partial charge in [-0.1, -0.05) is 59.8 Å². The van der Waals surface area contributed by atoms with Crippen LogP contribution < -0.4 is 5.84 Å². The molecule has 8 heteroatoms. The first-order valence-corrected chi connectivity index (χ1v) is 10.0. The summed E-state index contributed by atoms with van der Waals surface area (Å²) in [4.78, 5) is 0. The Morgan fingerprint density at radius 1 is 1.03 bits per heavy atom. The van der Waals surface area contributed by atoms with Gasteiger partial charge in [-0.2, -0.15) is 10.4 Å². The zero-order valence-electron chi connectivity index (χ0n) is 16.1. The molecular formula is C21H19N7S. The molecule has 0 atom stereocenters. The lowest BCUT2D eigenvalue weighted by Crippen LogP contribution is -2.12. The first-order chi connectivity index (χ1) is 14.1. The molecule has 0 radical (unpaired) electrons. The van der Waals surface area contributed by atoms with Crippen LogP contribution in [0.5, 0.6) is 0 Å². The highest BCUT2D eigenvalue weighted by Crippen LogP contribution is 2.28. The van der Waals surface area contributed by atoms with E-state index in [4.69, 9.17) is 5.84 Å². The number of rotatable bonds is 5. The maximum Gasteiger partial charge on any atom is 0.210 e. The average Bonchev–Trinajstić information content (AvgIpc) is 3.26. The van der Waals surface area contributed by atoms with Crippen molar-refractivity contribution in [3.8, 4) is 23.1 Å². The molecule has 2 N–H and O–H groups in total. The Bertz CT molecular complexity index is 1180. The van der Waals surface area contributed by atoms with Crippen molar-refractivity contribution in [2.24, 2.45) is 0 Å². The van der Waals surface area contributed by atoms with Gasteiger partial charge in [-0.15, -0.1) is 10.2 Å². The third kappa shape index (κ3) is 3.60. The zero-order valence-corrected chi connectivity index (χ0v) is 16.9. The van der Waals surface area contributed by atoms with Crippen LogP contribution in [-0.4, -0.2) is 24.7 Å². The topological polar surface area (TPSA) is 98.3 Å². The van der Waals surface area contributed by atoms with E-state index in [0.29, 0.717) is 28.0 Å². The van der Waals surface area contributed by atoms with Crippen LogP contribution in [0.4, 0.5) is 0 Å². The monoisotopic (exact) mass is 401 g/mol. The van der Waals surface area contributed by atoms with Gasteiger partial charge in [0.15, 0.2) is 5.82 Å². The van der Waals surface area contributed by atoms with Gasteiger partial charge in [0.05, 0.1) is 22.6 Å². The lowest BCUT2D eigenvalue weighted by molar-refractivity contribution is 0.822. The van der Waals surface area contributed by atoms with Crippen molar-refractivity contribution >= 4 is 11.8 Å². The van der Waals surface area contributed by atoms with Crippen molar-refractivity contribution in [2.75, 3.05) is 5.84 Å². The predicted molar refractivity (Wildman–Crippen MR) is 113 cm³/mol. The van der Waals surface area contributed by atoms with Gasteiger partial charge in [0, 0.05) is 11.3 Å². The van der Waals surface area contributed by atoms with Crippen LogP contribution in [0.25, 0.3) is 17.1 Å². The molecule has 0 saturated heterocycles. The summed E-state index contributed by atoms with van der Waals surface area (Å²) in [5, 5.41) is 23.2. The van der Waals surface area contributed by atoms with E-state index in [1.54, 1.807) is 4.68 Å². The Morgan fingerprint density at radius 3 is 2.45 bits per heavy atom. The fourth-order valence-corrected chi connectivity index (χ4v) is 3.90. The molecule has 2 aromatic heterocycles. The minimum absolute atomic E-state index is 0.488. The van der Waals surface area contributed by atoms with Gasteiger partial charge in [0.1, 0.15) is 6.07 Å². The SMILES string of the molecule is Cc1ccc(-c2nnc(SCc3c(C#N)c(C)nn3-c3ccccc3)n2N)cc1. The maximum absolute atomic E-state index is 9.62. The minimum Gasteiger partial charge on any atom is -0.335 e. The fourth-order valence-electron chi connectivity index (χ4n) is 3.04. The van der Waals surface area contributed by atoms with Crippen molar-refractivity contribution in [1.82, 2.24) is 24.7 Å². The van der Waals surface area contributed by atoms with E-state index in [1.807, 2.05) is 68.4 Å². The maximum atomic E-state index is 9.62. The number of aromatic nitrogens is 5. The lowest BCUT2D eigenvalue weighted by Gasteiger charge is -2.08. The number of thioether (sulfide) groups is 1. The number of hydrogen-bond donors (Lipinski definition) is 1. The highest BCUT2D eigenvalue weighted by atomic mass is 32.2. The molecule has 0 bridgehead atoms. The minimum atomic E-state index is 0.488. The Balaban J connectivity index is 1.63. The van der Waals surface area contributed by atoms with Gasteiger partial charge >= 0.3 is 0 Å². The normalized spacial score (nSPS) is 10.8. The van der Waals surface area contributed by atoms with Crippen molar-refractivity contribution in [1.29, 1.82) is 5.26 Å². The summed E-state index contributed by atoms with van der Waals surface area (Å²) in [6.07, 6.45) is 0. The summed E-state index contributed by atoms with van der Waals surface area (Å²) in [6.45, 7) is 3.87. The Morgan fingerprint density at radius 2 is 1.76 bits per heavy atom. The van der Waals surface area contributed by atoms with Crippen LogP contribution in [0.2, 0.25) is 0 Å². The molecule has 2 heterocycles. The number of nitrogens with two attached hydrogens (primary N) is 1. The molecule has 7 nitrogen and oxygen atoms in total. The van der Waals surface area contributed by atoms with E-state index in [2.05, 4.69) is 21.4 Å². The summed E-state index contributed by atoms with van der Waals surface area (Å²) in [7, 11) is 0. The quantitative estimate of drug-likeness (QED) is 0.405. The molecule has 0 aliphatic carbocycles. The summed E-state index contributed by atoms with van der Waals surface area (Å²) in [6, 6.07) is 20.0. The van der Waals surface area contributed by atoms with Gasteiger partial charge < -0.3 is 5.84 Å². The third-order valence-corrected chi connectivity index (χ3v) is 5.54. The molecule has 144 valence electrons. The number of hydrogen-bond acceptors (Lipinski definition) is 6. The van der Waals surface area contributed by atoms with Crippen molar-refractivity contribution in [3.05, 3.63) is 77.1 Å². The van der Waals surface area contributed by atoms with Gasteiger partial charge in [0.25, 0.3) is 0 Å². The van der Waals surface area contributed by atoms with Gasteiger partial charge in [-0.05, 0) is 26.0 Å². The molecule has 29 heavy (non-hydrogen) atoms. The van der Waals surface area contributed by atoms with E-state index in [-0.39, 0.29) is 0 Å². The van der Waals surface area contributed by atoms with Crippen LogP contribution >= 0.6 is 11.8 Å². The molecular weight excluding hydrogens is 382 g/mol. The molecule has 0 saturated carbocycles. The Hall–Kier alpha value is -3.57. The molecule has 0 unspecified atom stereocenters. The standard InChI is InChI=1S/C21H19N7S/c1-14-8-10-16(11-9-14)20-24-25-21(27(20)23)29-13-19-18(12-22)15(2)26-28(19)17-6-4-3-5-7-17/h3-11H,13,23H2,1-2H3. The second-order valence-corrected chi connectivity index (χ2v) is 7.54. The van der Waals surface area contributed by atoms with E-state index < -0.39 is 0 Å². The second-order valence-electron chi connectivity index (χ2n) is 6.60. The number of nitrogens with zero attached hydrogens (tertiary/aromatic N) is 6. The van der Waals surface area contributed by atoms with Crippen LogP contribution in [0, 0.1) is 25.2 Å². The number of aryl methyl sites for hydroxylation is 2. The molecule has 0 spiro atoms. The van der Waals surface area contributed by atoms with E-state index >= 15 is 0 Å². The van der Waals surface area contributed by atoms with Gasteiger partial charge in [-0.25, -0.2) is 9.36 Å². The van der Waals surface area contributed by atoms with Crippen LogP contribution in [0.15, 0.2) is 59.8 Å². The number of nitrogen functional groups attached to an aromatic ring is 1. The van der Waals surface area contributed by atoms with Crippen LogP contribution in [-0.2, 0) is 5.75 Å². The summed E-state index contributed by atoms with van der Waals surface area (Å²) in [5.41, 5.74) is 5.05. The van der Waals surface area contributed by atoms with Crippen molar-refractivity contribution in [3.63, 3.8) is 0 Å². The lowest BCUT2D eigenvalue weighted by atomic mass is 10.1. The average molecular weight is 401 g/mol. The molecule has 0 amide bonds. The molecule has 2 aromatic carbocycles. The Labute approximate surface area is 172 Å². The highest BCUT2D eigenvalue weighted by molar-refractivity contribution is 7.98. The number of benzene rings is 2. The zero-order chi connectivity index (χ0) is 20.4. The van der Waals surface area contributed by atoms with Crippen LogP contribution in [0.1, 0.15) is 22.5 Å². The molecule has 4 rings (SSSR count). The predicted octanol–water partition coefficient (Wildman–Crippen LogP) is 3.63. The molecule has 0 aliphatic heterocycles. The largest absolute Gasteiger partial charge is 0.335 e. The molecule has 4 aromatic rings. The third-order valence-electron chi connectivity index (χ3n) is 4.58. The fraction of sp³-hybridized carbons (Fsp3) is 0.143. The van der Waals surface area contributed by atoms with Gasteiger partial charge in [0.2, 0.25) is 5.16 Å². The number of nitriles is 1. The van der Waals surface area contributed by atoms with E-state index in [9.17, 15) is 5.26 Å². The summed E-state index contributed by atoms with van der Waals surface area (Å²) in [5.74, 6) is 7.33. The molecule has 0 fully saturated rings. The second kappa shape index (κ2) is 7.81. The number of para-hydroxylation sites is 1. The van der Waals surface area contributed by atoms with E-state index in [0.717, 1.165) is 16.9 Å². The first kappa shape index (κ1) is 18.8. The highest BCUT2D eigenvalue weighted by Gasteiger charge is 2.19. The van der Waals surface area contributed by atoms with Crippen molar-refractivity contribution in [2.45, 2.75) is 24.8 Å². The summed E-state index contributed by atoms with van der Waals surface area (Å²) < 4.78 is 3.29. The molecule has 0 aliphatic rings. The van der Waals surface area contributed by atoms with Crippen LogP contribution in [0.3, 0.4) is 0 Å². The Kier molecular flexibility index (Phi) is 5.06. The van der Waals surface area contributed by atoms with E-state index in [1.165, 1.54) is 22.0 Å². The smallest absolute Gasteiger partial charge is 0.210 e. The first-order valence-electron chi connectivity index (χ1n) is 9.03. The summed E-state index contributed by atoms with van der Waals surface area (Å²) >= 11 is 1.42. The van der Waals surface area contributed by atoms with Crippen molar-refractivity contribution < 1.29 is 0 Å². The van der Waals surface area contributed by atoms with Gasteiger partial charge in [-0.3, -0.25) is 0 Å².